The van der Waals surface area contributed by atoms with Gasteiger partial charge in [-0.25, -0.2) is 17.8 Å². The first-order valence-corrected chi connectivity index (χ1v) is 6.63. The molecule has 1 aliphatic carbocycles. The normalized spacial score (nSPS) is 16.7. The van der Waals surface area contributed by atoms with Crippen molar-refractivity contribution < 1.29 is 12.8 Å². The van der Waals surface area contributed by atoms with E-state index >= 15 is 0 Å². The summed E-state index contributed by atoms with van der Waals surface area (Å²) < 4.78 is 38.9. The smallest absolute Gasteiger partial charge is 0.241 e. The number of pyridine rings is 1. The van der Waals surface area contributed by atoms with Crippen molar-refractivity contribution in [3.05, 3.63) is 24.1 Å². The summed E-state index contributed by atoms with van der Waals surface area (Å²) in [5, 5.41) is -0.469. The van der Waals surface area contributed by atoms with Gasteiger partial charge in [0, 0.05) is 18.8 Å². The largest absolute Gasteiger partial charge is 0.263 e. The van der Waals surface area contributed by atoms with Gasteiger partial charge in [0.1, 0.15) is 0 Å². The van der Waals surface area contributed by atoms with E-state index in [4.69, 9.17) is 0 Å². The second-order valence-electron chi connectivity index (χ2n) is 3.73. The zero-order valence-electron chi connectivity index (χ0n) is 8.93. The first-order valence-electron chi connectivity index (χ1n) is 5.19. The predicted molar refractivity (Wildman–Crippen MR) is 56.8 cm³/mol. The molecule has 0 N–H and O–H groups in total. The maximum absolute atomic E-state index is 13.4. The molecule has 88 valence electrons. The molecule has 1 aromatic heterocycles. The molecule has 0 amide bonds. The molecular weight excluding hydrogens is 231 g/mol. The second kappa shape index (κ2) is 4.10. The van der Waals surface area contributed by atoms with Crippen LogP contribution in [-0.4, -0.2) is 30.3 Å². The molecule has 16 heavy (non-hydrogen) atoms. The fourth-order valence-corrected chi connectivity index (χ4v) is 3.33. The van der Waals surface area contributed by atoms with Gasteiger partial charge in [0.25, 0.3) is 10.0 Å². The molecule has 4 nitrogen and oxygen atoms in total. The van der Waals surface area contributed by atoms with Gasteiger partial charge >= 0.3 is 0 Å². The molecule has 1 fully saturated rings. The van der Waals surface area contributed by atoms with Crippen molar-refractivity contribution in [2.75, 3.05) is 6.54 Å². The lowest BCUT2D eigenvalue weighted by molar-refractivity contribution is 0.413. The van der Waals surface area contributed by atoms with Crippen molar-refractivity contribution in [3.8, 4) is 0 Å². The average Bonchev–Trinajstić information content (AvgIpc) is 3.03. The Morgan fingerprint density at radius 3 is 2.75 bits per heavy atom. The molecular formula is C10H13FN2O2S. The first kappa shape index (κ1) is 11.5. The number of hydrogen-bond acceptors (Lipinski definition) is 3. The van der Waals surface area contributed by atoms with E-state index in [1.54, 1.807) is 6.92 Å². The lowest BCUT2D eigenvalue weighted by atomic mass is 10.5. The zero-order chi connectivity index (χ0) is 11.8. The standard InChI is InChI=1S/C10H13FN2O2S/c1-2-13(8-5-6-8)16(14,15)10-9(11)4-3-7-12-10/h3-4,7-8H,2,5-6H2,1H3. The number of sulfonamides is 1. The van der Waals surface area contributed by atoms with Gasteiger partial charge in [-0.2, -0.15) is 4.31 Å². The topological polar surface area (TPSA) is 50.3 Å². The van der Waals surface area contributed by atoms with Crippen LogP contribution in [0, 0.1) is 5.82 Å². The monoisotopic (exact) mass is 244 g/mol. The van der Waals surface area contributed by atoms with E-state index in [1.807, 2.05) is 0 Å². The Labute approximate surface area is 94.2 Å². The van der Waals surface area contributed by atoms with Crippen LogP contribution in [0.1, 0.15) is 19.8 Å². The van der Waals surface area contributed by atoms with Gasteiger partial charge in [-0.05, 0) is 25.0 Å². The lowest BCUT2D eigenvalue weighted by Crippen LogP contribution is -2.34. The number of rotatable bonds is 4. The number of nitrogens with zero attached hydrogens (tertiary/aromatic N) is 2. The SMILES string of the molecule is CCN(C1CC1)S(=O)(=O)c1ncccc1F. The van der Waals surface area contributed by atoms with Crippen LogP contribution in [0.15, 0.2) is 23.4 Å². The number of aromatic nitrogens is 1. The molecule has 1 aliphatic rings. The van der Waals surface area contributed by atoms with E-state index in [-0.39, 0.29) is 6.04 Å². The highest BCUT2D eigenvalue weighted by Gasteiger charge is 2.38. The molecule has 1 saturated carbocycles. The Balaban J connectivity index is 2.41. The fraction of sp³-hybridized carbons (Fsp3) is 0.500. The number of halogens is 1. The van der Waals surface area contributed by atoms with E-state index in [0.29, 0.717) is 6.54 Å². The minimum absolute atomic E-state index is 0.0245. The maximum atomic E-state index is 13.4. The van der Waals surface area contributed by atoms with E-state index in [2.05, 4.69) is 4.98 Å². The minimum Gasteiger partial charge on any atom is -0.241 e. The Hall–Kier alpha value is -1.01. The third kappa shape index (κ3) is 1.94. The van der Waals surface area contributed by atoms with E-state index in [9.17, 15) is 12.8 Å². The van der Waals surface area contributed by atoms with Crippen LogP contribution in [0.4, 0.5) is 4.39 Å². The third-order valence-corrected chi connectivity index (χ3v) is 4.51. The van der Waals surface area contributed by atoms with Gasteiger partial charge in [-0.15, -0.1) is 0 Å². The molecule has 2 rings (SSSR count). The zero-order valence-corrected chi connectivity index (χ0v) is 9.74. The summed E-state index contributed by atoms with van der Waals surface area (Å²) in [5.74, 6) is -0.790. The van der Waals surface area contributed by atoms with Crippen LogP contribution in [0.2, 0.25) is 0 Å². The van der Waals surface area contributed by atoms with E-state index in [0.717, 1.165) is 18.9 Å². The maximum Gasteiger partial charge on any atom is 0.263 e. The van der Waals surface area contributed by atoms with Crippen molar-refractivity contribution in [2.24, 2.45) is 0 Å². The van der Waals surface area contributed by atoms with Crippen LogP contribution in [-0.2, 0) is 10.0 Å². The molecule has 1 heterocycles. The predicted octanol–water partition coefficient (Wildman–Crippen LogP) is 1.39. The van der Waals surface area contributed by atoms with Gasteiger partial charge in [0.15, 0.2) is 5.82 Å². The Bertz CT molecular complexity index is 485. The molecule has 0 bridgehead atoms. The first-order chi connectivity index (χ1) is 7.57. The summed E-state index contributed by atoms with van der Waals surface area (Å²) in [7, 11) is -3.77. The van der Waals surface area contributed by atoms with Crippen molar-refractivity contribution >= 4 is 10.0 Å². The molecule has 6 heteroatoms. The molecule has 0 aromatic carbocycles. The van der Waals surface area contributed by atoms with Crippen molar-refractivity contribution in [1.82, 2.24) is 9.29 Å². The van der Waals surface area contributed by atoms with Crippen LogP contribution >= 0.6 is 0 Å². The van der Waals surface area contributed by atoms with Gasteiger partial charge in [0.2, 0.25) is 5.03 Å². The fourth-order valence-electron chi connectivity index (χ4n) is 1.66. The highest BCUT2D eigenvalue weighted by Crippen LogP contribution is 2.31. The molecule has 0 atom stereocenters. The Kier molecular flexibility index (Phi) is 2.94. The molecule has 0 radical (unpaired) electrons. The molecule has 0 saturated heterocycles. The molecule has 0 spiro atoms. The number of hydrogen-bond donors (Lipinski definition) is 0. The molecule has 1 aromatic rings. The van der Waals surface area contributed by atoms with Gasteiger partial charge in [-0.1, -0.05) is 6.92 Å². The van der Waals surface area contributed by atoms with Crippen LogP contribution < -0.4 is 0 Å². The second-order valence-corrected chi connectivity index (χ2v) is 5.54. The van der Waals surface area contributed by atoms with Crippen LogP contribution in [0.5, 0.6) is 0 Å². The average molecular weight is 244 g/mol. The van der Waals surface area contributed by atoms with E-state index in [1.165, 1.54) is 16.6 Å². The lowest BCUT2D eigenvalue weighted by Gasteiger charge is -2.19. The highest BCUT2D eigenvalue weighted by atomic mass is 32.2. The van der Waals surface area contributed by atoms with Crippen molar-refractivity contribution in [1.29, 1.82) is 0 Å². The van der Waals surface area contributed by atoms with Crippen molar-refractivity contribution in [2.45, 2.75) is 30.8 Å². The van der Waals surface area contributed by atoms with Crippen molar-refractivity contribution in [3.63, 3.8) is 0 Å². The minimum atomic E-state index is -3.77. The van der Waals surface area contributed by atoms with E-state index < -0.39 is 20.9 Å². The quantitative estimate of drug-likeness (QED) is 0.804. The molecule has 0 unspecified atom stereocenters. The van der Waals surface area contributed by atoms with Crippen LogP contribution in [0.25, 0.3) is 0 Å². The van der Waals surface area contributed by atoms with Gasteiger partial charge in [0.05, 0.1) is 0 Å². The summed E-state index contributed by atoms with van der Waals surface area (Å²) in [4.78, 5) is 3.62. The summed E-state index contributed by atoms with van der Waals surface area (Å²) in [6.07, 6.45) is 2.99. The summed E-state index contributed by atoms with van der Waals surface area (Å²) in [6.45, 7) is 2.10. The Morgan fingerprint density at radius 1 is 1.56 bits per heavy atom. The van der Waals surface area contributed by atoms with Gasteiger partial charge in [-0.3, -0.25) is 0 Å². The molecule has 0 aliphatic heterocycles. The Morgan fingerprint density at radius 2 is 2.25 bits per heavy atom. The summed E-state index contributed by atoms with van der Waals surface area (Å²) >= 11 is 0. The third-order valence-electron chi connectivity index (χ3n) is 2.54. The highest BCUT2D eigenvalue weighted by molar-refractivity contribution is 7.89. The van der Waals surface area contributed by atoms with Gasteiger partial charge < -0.3 is 0 Å². The van der Waals surface area contributed by atoms with Crippen LogP contribution in [0.3, 0.4) is 0 Å². The summed E-state index contributed by atoms with van der Waals surface area (Å²) in [5.41, 5.74) is 0. The summed E-state index contributed by atoms with van der Waals surface area (Å²) in [6, 6.07) is 2.51.